The number of benzene rings is 2. The van der Waals surface area contributed by atoms with Crippen LogP contribution in [0.2, 0.25) is 0 Å². The molecule has 1 aliphatic heterocycles. The molecule has 150 valence electrons. The largest absolute Gasteiger partial charge is 0.491 e. The van der Waals surface area contributed by atoms with E-state index in [0.717, 1.165) is 36.9 Å². The number of hydrogen-bond acceptors (Lipinski definition) is 4. The Morgan fingerprint density at radius 2 is 1.93 bits per heavy atom. The smallest absolute Gasteiger partial charge is 0.130 e. The molecular formula is C23H28FNO3. The molecule has 5 heteroatoms. The molecule has 1 fully saturated rings. The van der Waals surface area contributed by atoms with Gasteiger partial charge in [-0.25, -0.2) is 4.39 Å². The first kappa shape index (κ1) is 20.5. The summed E-state index contributed by atoms with van der Waals surface area (Å²) in [7, 11) is 0. The van der Waals surface area contributed by atoms with Crippen molar-refractivity contribution in [3.63, 3.8) is 0 Å². The van der Waals surface area contributed by atoms with Gasteiger partial charge in [0.25, 0.3) is 0 Å². The number of carbonyl (C=O) groups is 1. The summed E-state index contributed by atoms with van der Waals surface area (Å²) in [5.74, 6) is 0.667. The molecule has 3 rings (SSSR count). The maximum absolute atomic E-state index is 13.2. The fraction of sp³-hybridized carbons (Fsp3) is 0.435. The minimum Gasteiger partial charge on any atom is -0.491 e. The first-order valence-electron chi connectivity index (χ1n) is 9.90. The second-order valence-corrected chi connectivity index (χ2v) is 7.52. The Labute approximate surface area is 165 Å². The van der Waals surface area contributed by atoms with Gasteiger partial charge in [-0.2, -0.15) is 0 Å². The number of rotatable bonds is 9. The molecule has 0 saturated carbocycles. The third-order valence-electron chi connectivity index (χ3n) is 5.20. The lowest BCUT2D eigenvalue weighted by molar-refractivity contribution is -0.116. The predicted octanol–water partition coefficient (Wildman–Crippen LogP) is 3.92. The Balaban J connectivity index is 1.47. The molecule has 2 aromatic rings. The zero-order valence-corrected chi connectivity index (χ0v) is 16.3. The van der Waals surface area contributed by atoms with E-state index >= 15 is 0 Å². The lowest BCUT2D eigenvalue weighted by Crippen LogP contribution is -2.35. The molecular weight excluding hydrogens is 357 g/mol. The van der Waals surface area contributed by atoms with Gasteiger partial charge in [0.2, 0.25) is 0 Å². The molecule has 0 radical (unpaired) electrons. The standard InChI is InChI=1S/C23H28FNO3/c1-17(26)4-5-18-6-12-22(13-7-18)28-16-21(27)15-25-14-2-3-23(25)19-8-10-20(24)11-9-19/h6-13,21,23,27H,2-5,14-16H2,1H3/t21-,23+/m1/s1. The molecule has 0 unspecified atom stereocenters. The van der Waals surface area contributed by atoms with E-state index in [1.165, 1.54) is 12.1 Å². The van der Waals surface area contributed by atoms with Crippen LogP contribution in [0.5, 0.6) is 5.75 Å². The molecule has 1 saturated heterocycles. The van der Waals surface area contributed by atoms with Crippen LogP contribution in [0.3, 0.4) is 0 Å². The van der Waals surface area contributed by atoms with E-state index in [1.807, 2.05) is 36.4 Å². The van der Waals surface area contributed by atoms with Gasteiger partial charge in [0, 0.05) is 19.0 Å². The van der Waals surface area contributed by atoms with Crippen molar-refractivity contribution in [1.29, 1.82) is 0 Å². The van der Waals surface area contributed by atoms with Crippen LogP contribution in [0.25, 0.3) is 0 Å². The average molecular weight is 385 g/mol. The van der Waals surface area contributed by atoms with Crippen LogP contribution in [-0.4, -0.2) is 41.6 Å². The zero-order valence-electron chi connectivity index (χ0n) is 16.3. The summed E-state index contributed by atoms with van der Waals surface area (Å²) in [5, 5.41) is 10.4. The van der Waals surface area contributed by atoms with Crippen molar-refractivity contribution in [2.24, 2.45) is 0 Å². The van der Waals surface area contributed by atoms with Gasteiger partial charge in [-0.05, 0) is 68.1 Å². The third-order valence-corrected chi connectivity index (χ3v) is 5.20. The third kappa shape index (κ3) is 5.88. The topological polar surface area (TPSA) is 49.8 Å². The molecule has 0 aliphatic carbocycles. The lowest BCUT2D eigenvalue weighted by atomic mass is 10.0. The fourth-order valence-electron chi connectivity index (χ4n) is 3.70. The predicted molar refractivity (Wildman–Crippen MR) is 107 cm³/mol. The molecule has 0 aromatic heterocycles. The van der Waals surface area contributed by atoms with Crippen LogP contribution in [0.1, 0.15) is 43.4 Å². The molecule has 0 bridgehead atoms. The van der Waals surface area contributed by atoms with Gasteiger partial charge >= 0.3 is 0 Å². The number of carbonyl (C=O) groups excluding carboxylic acids is 1. The van der Waals surface area contributed by atoms with E-state index in [9.17, 15) is 14.3 Å². The van der Waals surface area contributed by atoms with Crippen LogP contribution in [-0.2, 0) is 11.2 Å². The zero-order chi connectivity index (χ0) is 19.9. The van der Waals surface area contributed by atoms with E-state index in [0.29, 0.717) is 18.7 Å². The van der Waals surface area contributed by atoms with E-state index < -0.39 is 6.10 Å². The number of Topliss-reactive ketones (excluding diaryl/α,β-unsaturated/α-hetero) is 1. The number of β-amino-alcohol motifs (C(OH)–C–C–N with tert-alkyl or cyclic N) is 1. The number of halogens is 1. The summed E-state index contributed by atoms with van der Waals surface area (Å²) in [4.78, 5) is 13.3. The SMILES string of the molecule is CC(=O)CCc1ccc(OC[C@H](O)CN2CCC[C@H]2c2ccc(F)cc2)cc1. The number of aryl methyl sites for hydroxylation is 1. The second-order valence-electron chi connectivity index (χ2n) is 7.52. The molecule has 1 N–H and O–H groups in total. The highest BCUT2D eigenvalue weighted by molar-refractivity contribution is 5.75. The first-order chi connectivity index (χ1) is 13.5. The van der Waals surface area contributed by atoms with E-state index in [4.69, 9.17) is 4.74 Å². The quantitative estimate of drug-likeness (QED) is 0.711. The fourth-order valence-corrected chi connectivity index (χ4v) is 3.70. The Morgan fingerprint density at radius 1 is 1.21 bits per heavy atom. The van der Waals surface area contributed by atoms with Crippen molar-refractivity contribution in [2.45, 2.75) is 44.8 Å². The molecule has 28 heavy (non-hydrogen) atoms. The summed E-state index contributed by atoms with van der Waals surface area (Å²) in [5.41, 5.74) is 2.19. The van der Waals surface area contributed by atoms with Crippen molar-refractivity contribution < 1.29 is 19.0 Å². The monoisotopic (exact) mass is 385 g/mol. The number of nitrogens with zero attached hydrogens (tertiary/aromatic N) is 1. The van der Waals surface area contributed by atoms with Gasteiger partial charge in [-0.1, -0.05) is 24.3 Å². The number of ketones is 1. The Bertz CT molecular complexity index is 760. The van der Waals surface area contributed by atoms with Gasteiger partial charge in [0.15, 0.2) is 0 Å². The summed E-state index contributed by atoms with van der Waals surface area (Å²) in [6, 6.07) is 14.5. The Kier molecular flexibility index (Phi) is 7.18. The van der Waals surface area contributed by atoms with Crippen molar-refractivity contribution in [3.8, 4) is 5.75 Å². The molecule has 2 atom stereocenters. The highest BCUT2D eigenvalue weighted by Crippen LogP contribution is 2.32. The summed E-state index contributed by atoms with van der Waals surface area (Å²) >= 11 is 0. The normalized spacial score (nSPS) is 18.2. The molecule has 2 aromatic carbocycles. The number of ether oxygens (including phenoxy) is 1. The van der Waals surface area contributed by atoms with Crippen molar-refractivity contribution in [1.82, 2.24) is 4.90 Å². The molecule has 0 amide bonds. The van der Waals surface area contributed by atoms with Crippen LogP contribution in [0, 0.1) is 5.82 Å². The number of hydrogen-bond donors (Lipinski definition) is 1. The van der Waals surface area contributed by atoms with Gasteiger partial charge in [-0.15, -0.1) is 0 Å². The molecule has 1 heterocycles. The second kappa shape index (κ2) is 9.80. The Hall–Kier alpha value is -2.24. The van der Waals surface area contributed by atoms with Crippen LogP contribution >= 0.6 is 0 Å². The van der Waals surface area contributed by atoms with Crippen molar-refractivity contribution >= 4 is 5.78 Å². The summed E-state index contributed by atoms with van der Waals surface area (Å²) in [6.07, 6.45) is 2.76. The van der Waals surface area contributed by atoms with Gasteiger partial charge in [0.1, 0.15) is 30.1 Å². The lowest BCUT2D eigenvalue weighted by Gasteiger charge is -2.27. The molecule has 0 spiro atoms. The van der Waals surface area contributed by atoms with E-state index in [1.54, 1.807) is 6.92 Å². The van der Waals surface area contributed by atoms with Crippen LogP contribution < -0.4 is 4.74 Å². The van der Waals surface area contributed by atoms with Crippen molar-refractivity contribution in [3.05, 3.63) is 65.5 Å². The highest BCUT2D eigenvalue weighted by atomic mass is 19.1. The number of likely N-dealkylation sites (tertiary alicyclic amines) is 1. The average Bonchev–Trinajstić information content (AvgIpc) is 3.14. The summed E-state index contributed by atoms with van der Waals surface area (Å²) in [6.45, 7) is 3.27. The molecule has 1 aliphatic rings. The van der Waals surface area contributed by atoms with Crippen LogP contribution in [0.15, 0.2) is 48.5 Å². The molecule has 4 nitrogen and oxygen atoms in total. The summed E-state index contributed by atoms with van der Waals surface area (Å²) < 4.78 is 18.9. The maximum atomic E-state index is 13.2. The highest BCUT2D eigenvalue weighted by Gasteiger charge is 2.27. The minimum atomic E-state index is -0.599. The van der Waals surface area contributed by atoms with E-state index in [-0.39, 0.29) is 24.2 Å². The first-order valence-corrected chi connectivity index (χ1v) is 9.90. The van der Waals surface area contributed by atoms with Crippen LogP contribution in [0.4, 0.5) is 4.39 Å². The number of aliphatic hydroxyl groups excluding tert-OH is 1. The van der Waals surface area contributed by atoms with Crippen molar-refractivity contribution in [2.75, 3.05) is 19.7 Å². The Morgan fingerprint density at radius 3 is 2.61 bits per heavy atom. The van der Waals surface area contributed by atoms with E-state index in [2.05, 4.69) is 4.90 Å². The van der Waals surface area contributed by atoms with Gasteiger partial charge in [-0.3, -0.25) is 4.90 Å². The van der Waals surface area contributed by atoms with Gasteiger partial charge < -0.3 is 14.6 Å². The minimum absolute atomic E-state index is 0.185. The number of aliphatic hydroxyl groups is 1. The maximum Gasteiger partial charge on any atom is 0.130 e. The van der Waals surface area contributed by atoms with Gasteiger partial charge in [0.05, 0.1) is 0 Å².